The van der Waals surface area contributed by atoms with Gasteiger partial charge in [-0.25, -0.2) is 0 Å². The van der Waals surface area contributed by atoms with Gasteiger partial charge in [-0.15, -0.1) is 0 Å². The first-order valence-electron chi connectivity index (χ1n) is 8.35. The van der Waals surface area contributed by atoms with Crippen LogP contribution in [0.2, 0.25) is 0 Å². The number of likely N-dealkylation sites (tertiary alicyclic amines) is 2. The maximum Gasteiger partial charge on any atom is 0.226 e. The van der Waals surface area contributed by atoms with E-state index in [1.54, 1.807) is 0 Å². The van der Waals surface area contributed by atoms with Gasteiger partial charge in [0.25, 0.3) is 0 Å². The summed E-state index contributed by atoms with van der Waals surface area (Å²) in [6.07, 6.45) is 9.03. The minimum Gasteiger partial charge on any atom is -0.342 e. The molecule has 0 spiro atoms. The van der Waals surface area contributed by atoms with Crippen LogP contribution in [-0.4, -0.2) is 47.8 Å². The van der Waals surface area contributed by atoms with E-state index < -0.39 is 0 Å². The Morgan fingerprint density at radius 2 is 0.950 bits per heavy atom. The molecule has 20 heavy (non-hydrogen) atoms. The topological polar surface area (TPSA) is 40.6 Å². The molecule has 2 unspecified atom stereocenters. The first-order chi connectivity index (χ1) is 9.77. The lowest BCUT2D eigenvalue weighted by atomic mass is 10.1. The van der Waals surface area contributed by atoms with Gasteiger partial charge in [-0.05, 0) is 38.5 Å². The van der Waals surface area contributed by atoms with Gasteiger partial charge in [0.1, 0.15) is 0 Å². The van der Waals surface area contributed by atoms with Crippen LogP contribution in [0.3, 0.4) is 0 Å². The normalized spacial score (nSPS) is 30.8. The van der Waals surface area contributed by atoms with Gasteiger partial charge in [0, 0.05) is 26.2 Å². The number of rotatable bonds is 2. The number of piperidine rings is 1. The first-order valence-corrected chi connectivity index (χ1v) is 8.35. The molecule has 3 rings (SSSR count). The Morgan fingerprint density at radius 3 is 1.35 bits per heavy atom. The van der Waals surface area contributed by atoms with E-state index in [2.05, 4.69) is 0 Å². The van der Waals surface area contributed by atoms with Crippen molar-refractivity contribution < 1.29 is 9.59 Å². The van der Waals surface area contributed by atoms with Crippen LogP contribution in [0.25, 0.3) is 0 Å². The summed E-state index contributed by atoms with van der Waals surface area (Å²) in [5.41, 5.74) is 0. The highest BCUT2D eigenvalue weighted by molar-refractivity contribution is 5.92. The van der Waals surface area contributed by atoms with Crippen LogP contribution in [0.1, 0.15) is 51.4 Å². The molecular formula is C16H26N2O2. The highest BCUT2D eigenvalue weighted by atomic mass is 16.2. The maximum atomic E-state index is 12.5. The van der Waals surface area contributed by atoms with E-state index >= 15 is 0 Å². The van der Waals surface area contributed by atoms with Gasteiger partial charge >= 0.3 is 0 Å². The van der Waals surface area contributed by atoms with Crippen LogP contribution < -0.4 is 0 Å². The van der Waals surface area contributed by atoms with Gasteiger partial charge in [0.2, 0.25) is 11.8 Å². The fraction of sp³-hybridized carbons (Fsp3) is 0.875. The maximum absolute atomic E-state index is 12.5. The Hall–Kier alpha value is -1.06. The lowest BCUT2D eigenvalue weighted by Gasteiger charge is -2.27. The Bertz CT molecular complexity index is 369. The lowest BCUT2D eigenvalue weighted by molar-refractivity contribution is -0.138. The van der Waals surface area contributed by atoms with E-state index in [1.807, 2.05) is 9.80 Å². The molecular weight excluding hydrogens is 252 g/mol. The Morgan fingerprint density at radius 1 is 0.600 bits per heavy atom. The summed E-state index contributed by atoms with van der Waals surface area (Å²) in [5.74, 6) is 0.506. The summed E-state index contributed by atoms with van der Waals surface area (Å²) < 4.78 is 0. The van der Waals surface area contributed by atoms with Crippen molar-refractivity contribution in [2.75, 3.05) is 26.2 Å². The van der Waals surface area contributed by atoms with E-state index in [-0.39, 0.29) is 23.7 Å². The summed E-state index contributed by atoms with van der Waals surface area (Å²) >= 11 is 0. The molecule has 2 saturated heterocycles. The van der Waals surface area contributed by atoms with Crippen molar-refractivity contribution in [1.82, 2.24) is 9.80 Å². The third kappa shape index (κ3) is 2.99. The standard InChI is InChI=1S/C16H26N2O2/c19-15(17-8-4-1-2-5-9-17)13-12-14(13)16(20)18-10-6-3-7-11-18/h13-14H,1-12H2. The van der Waals surface area contributed by atoms with Crippen LogP contribution in [0.15, 0.2) is 0 Å². The number of carbonyl (C=O) groups is 2. The molecule has 0 bridgehead atoms. The molecule has 112 valence electrons. The summed E-state index contributed by atoms with van der Waals surface area (Å²) in [6, 6.07) is 0. The van der Waals surface area contributed by atoms with E-state index in [0.29, 0.717) is 0 Å². The van der Waals surface area contributed by atoms with Crippen molar-refractivity contribution in [2.45, 2.75) is 51.4 Å². The number of amides is 2. The van der Waals surface area contributed by atoms with Gasteiger partial charge in [-0.1, -0.05) is 12.8 Å². The van der Waals surface area contributed by atoms with Gasteiger partial charge in [0.15, 0.2) is 0 Å². The van der Waals surface area contributed by atoms with E-state index in [1.165, 1.54) is 19.3 Å². The Labute approximate surface area is 121 Å². The third-order valence-corrected chi connectivity index (χ3v) is 5.01. The summed E-state index contributed by atoms with van der Waals surface area (Å²) in [6.45, 7) is 3.61. The van der Waals surface area contributed by atoms with Crippen molar-refractivity contribution in [1.29, 1.82) is 0 Å². The monoisotopic (exact) mass is 278 g/mol. The Balaban J connectivity index is 1.52. The molecule has 2 amide bonds. The molecule has 2 aliphatic heterocycles. The van der Waals surface area contributed by atoms with Crippen molar-refractivity contribution in [3.8, 4) is 0 Å². The molecule has 0 radical (unpaired) electrons. The summed E-state index contributed by atoms with van der Waals surface area (Å²) in [5, 5.41) is 0. The minimum atomic E-state index is 0.00234. The number of hydrogen-bond acceptors (Lipinski definition) is 2. The molecule has 1 aliphatic carbocycles. The van der Waals surface area contributed by atoms with Crippen LogP contribution >= 0.6 is 0 Å². The molecule has 2 heterocycles. The molecule has 0 aromatic rings. The molecule has 3 aliphatic rings. The van der Waals surface area contributed by atoms with Crippen molar-refractivity contribution in [3.63, 3.8) is 0 Å². The predicted octanol–water partition coefficient (Wildman–Crippen LogP) is 2.04. The predicted molar refractivity (Wildman–Crippen MR) is 77.1 cm³/mol. The van der Waals surface area contributed by atoms with Gasteiger partial charge < -0.3 is 9.80 Å². The number of hydrogen-bond donors (Lipinski definition) is 0. The molecule has 4 heteroatoms. The molecule has 1 saturated carbocycles. The minimum absolute atomic E-state index is 0.00234. The fourth-order valence-corrected chi connectivity index (χ4v) is 3.62. The number of nitrogens with zero attached hydrogens (tertiary/aromatic N) is 2. The second-order valence-corrected chi connectivity index (χ2v) is 6.57. The SMILES string of the molecule is O=C(C1CC1C(=O)N1CCCCC1)N1CCCCCC1. The van der Waals surface area contributed by atoms with E-state index in [0.717, 1.165) is 58.3 Å². The molecule has 0 N–H and O–H groups in total. The van der Waals surface area contributed by atoms with Crippen LogP contribution in [0.4, 0.5) is 0 Å². The van der Waals surface area contributed by atoms with Crippen molar-refractivity contribution in [3.05, 3.63) is 0 Å². The first kappa shape index (κ1) is 13.9. The van der Waals surface area contributed by atoms with Crippen molar-refractivity contribution >= 4 is 11.8 Å². The summed E-state index contributed by atoms with van der Waals surface area (Å²) in [7, 11) is 0. The van der Waals surface area contributed by atoms with Gasteiger partial charge in [0.05, 0.1) is 11.8 Å². The molecule has 2 atom stereocenters. The van der Waals surface area contributed by atoms with Crippen molar-refractivity contribution in [2.24, 2.45) is 11.8 Å². The van der Waals surface area contributed by atoms with Gasteiger partial charge in [-0.2, -0.15) is 0 Å². The zero-order valence-electron chi connectivity index (χ0n) is 12.4. The van der Waals surface area contributed by atoms with Crippen LogP contribution in [0, 0.1) is 11.8 Å². The zero-order valence-corrected chi connectivity index (χ0v) is 12.4. The average Bonchev–Trinajstić information content (AvgIpc) is 3.30. The van der Waals surface area contributed by atoms with E-state index in [9.17, 15) is 9.59 Å². The van der Waals surface area contributed by atoms with Crippen LogP contribution in [-0.2, 0) is 9.59 Å². The molecule has 3 fully saturated rings. The quantitative estimate of drug-likeness (QED) is 0.775. The van der Waals surface area contributed by atoms with Gasteiger partial charge in [-0.3, -0.25) is 9.59 Å². The second kappa shape index (κ2) is 6.15. The zero-order chi connectivity index (χ0) is 13.9. The van der Waals surface area contributed by atoms with Crippen LogP contribution in [0.5, 0.6) is 0 Å². The fourth-order valence-electron chi connectivity index (χ4n) is 3.62. The molecule has 4 nitrogen and oxygen atoms in total. The third-order valence-electron chi connectivity index (χ3n) is 5.01. The smallest absolute Gasteiger partial charge is 0.226 e. The number of carbonyl (C=O) groups excluding carboxylic acids is 2. The lowest BCUT2D eigenvalue weighted by Crippen LogP contribution is -2.39. The Kier molecular flexibility index (Phi) is 4.27. The highest BCUT2D eigenvalue weighted by Crippen LogP contribution is 2.42. The molecule has 0 aromatic heterocycles. The average molecular weight is 278 g/mol. The second-order valence-electron chi connectivity index (χ2n) is 6.57. The van der Waals surface area contributed by atoms with E-state index in [4.69, 9.17) is 0 Å². The molecule has 0 aromatic carbocycles. The highest BCUT2D eigenvalue weighted by Gasteiger charge is 2.50. The summed E-state index contributed by atoms with van der Waals surface area (Å²) in [4.78, 5) is 28.9. The largest absolute Gasteiger partial charge is 0.342 e.